The number of furan rings is 2. The van der Waals surface area contributed by atoms with Crippen molar-refractivity contribution in [3.63, 3.8) is 0 Å². The smallest absolute Gasteiger partial charge is 0.176 e. The molecule has 1 aliphatic rings. The van der Waals surface area contributed by atoms with Crippen molar-refractivity contribution < 1.29 is 8.83 Å². The first-order valence-corrected chi connectivity index (χ1v) is 38.8. The van der Waals surface area contributed by atoms with E-state index in [1.165, 1.54) is 70.5 Å². The van der Waals surface area contributed by atoms with E-state index in [4.69, 9.17) is 49.0 Å². The van der Waals surface area contributed by atoms with Gasteiger partial charge in [0.2, 0.25) is 0 Å². The van der Waals surface area contributed by atoms with Crippen LogP contribution >= 0.6 is 22.7 Å². The van der Waals surface area contributed by atoms with Gasteiger partial charge in [-0.2, -0.15) is 25.6 Å². The number of anilines is 8. The topological polar surface area (TPSA) is 470 Å². The van der Waals surface area contributed by atoms with Crippen LogP contribution in [0.3, 0.4) is 0 Å². The number of H-pyrrole nitrogens is 6. The third kappa shape index (κ3) is 21.9. The highest BCUT2D eigenvalue weighted by atomic mass is 32.1. The Morgan fingerprint density at radius 3 is 1.70 bits per heavy atom. The number of thiophene rings is 2. The van der Waals surface area contributed by atoms with Gasteiger partial charge < -0.3 is 69.2 Å². The van der Waals surface area contributed by atoms with Crippen LogP contribution in [0.25, 0.3) is 108 Å². The fourth-order valence-corrected chi connectivity index (χ4v) is 14.3. The molecule has 21 N–H and O–H groups in total. The van der Waals surface area contributed by atoms with Crippen molar-refractivity contribution in [3.8, 4) is 0 Å². The quantitative estimate of drug-likeness (QED) is 0.0670. The molecule has 0 amide bonds. The lowest BCUT2D eigenvalue weighted by Crippen LogP contribution is -1.90. The van der Waals surface area contributed by atoms with E-state index in [0.29, 0.717) is 46.3 Å². The maximum absolute atomic E-state index is 5.67. The van der Waals surface area contributed by atoms with Crippen molar-refractivity contribution in [2.24, 2.45) is 0 Å². The van der Waals surface area contributed by atoms with Gasteiger partial charge in [-0.1, -0.05) is 49.4 Å². The van der Waals surface area contributed by atoms with Crippen LogP contribution in [-0.2, 0) is 6.42 Å². The van der Waals surface area contributed by atoms with E-state index in [1.807, 2.05) is 139 Å². The van der Waals surface area contributed by atoms with E-state index in [-0.39, 0.29) is 7.43 Å². The highest BCUT2D eigenvalue weighted by molar-refractivity contribution is 7.19. The van der Waals surface area contributed by atoms with E-state index in [0.717, 1.165) is 117 Å². The van der Waals surface area contributed by atoms with Crippen molar-refractivity contribution in [3.05, 3.63) is 274 Å². The van der Waals surface area contributed by atoms with E-state index in [1.54, 1.807) is 72.1 Å². The number of aromatic nitrogens is 18. The fourth-order valence-electron chi connectivity index (χ4n) is 12.4. The molecular weight excluding hydrogens is 1520 g/mol. The predicted molar refractivity (Wildman–Crippen MR) is 488 cm³/mol. The lowest BCUT2D eigenvalue weighted by molar-refractivity contribution is 0.578. The van der Waals surface area contributed by atoms with Gasteiger partial charge in [-0.05, 0) is 225 Å². The molecule has 0 atom stereocenters. The number of nitrogens with one attached hydrogen (secondary N) is 7. The number of hydrogen-bond acceptors (Lipinski definition) is 24. The number of nitrogens with two attached hydrogens (primary N) is 7. The van der Waals surface area contributed by atoms with Gasteiger partial charge in [-0.15, -0.1) is 22.7 Å². The number of aryl methyl sites for hydroxylation is 11. The monoisotopic (exact) mass is 1610 g/mol. The zero-order chi connectivity index (χ0) is 82.8. The molecular formula is C88H96N26O2S2. The first kappa shape index (κ1) is 84.1. The SMILES string of the molecule is C.Cc1cc2c(N)nccc2[nH]1.Cc1cc2c(N)nccc2o1.Cc1cc2c(N)nccc2s1.Cc1cc2ccnc(N)c2[nH]1.Cc1cc2ccnc(N)c2o1.Cc1cc2ccnc(N)c2s1.Cc1ccc2[nH]ncc2c1.Cc1ccc2c(c1)NCC2.Cc1ccc2cn[nH]c2c1.Cc1ccc2n[nH]nc2c1.Cc1nc2c(N)nccc2[nH]1. The number of pyridine rings is 7. The first-order valence-electron chi connectivity index (χ1n) is 37.1. The second kappa shape index (κ2) is 38.8. The maximum atomic E-state index is 5.67. The Labute approximate surface area is 688 Å². The molecule has 0 aliphatic carbocycles. The van der Waals surface area contributed by atoms with Crippen molar-refractivity contribution in [2.45, 2.75) is 90.0 Å². The Bertz CT molecular complexity index is 5930. The average Bonchev–Trinajstić information content (AvgIpc) is 1.70. The summed E-state index contributed by atoms with van der Waals surface area (Å²) in [6.07, 6.45) is 16.7. The zero-order valence-corrected chi connectivity index (χ0v) is 68.2. The summed E-state index contributed by atoms with van der Waals surface area (Å²) in [4.78, 5) is 43.8. The summed E-state index contributed by atoms with van der Waals surface area (Å²) in [6, 6.07) is 50.4. The molecule has 0 fully saturated rings. The van der Waals surface area contributed by atoms with Crippen LogP contribution in [0.1, 0.15) is 73.7 Å². The van der Waals surface area contributed by atoms with Crippen LogP contribution in [0.4, 0.5) is 46.4 Å². The molecule has 4 aromatic carbocycles. The Morgan fingerprint density at radius 1 is 0.390 bits per heavy atom. The third-order valence-electron chi connectivity index (χ3n) is 18.0. The average molecular weight is 1610 g/mol. The number of nitrogens with zero attached hydrogens (tertiary/aromatic N) is 12. The fraction of sp³-hybridized carbons (Fsp3) is 0.159. The van der Waals surface area contributed by atoms with Gasteiger partial charge in [0.05, 0.1) is 50.1 Å². The molecule has 118 heavy (non-hydrogen) atoms. The molecule has 18 heterocycles. The third-order valence-corrected chi connectivity index (χ3v) is 20.1. The number of imidazole rings is 1. The summed E-state index contributed by atoms with van der Waals surface area (Å²) < 4.78 is 13.0. The Hall–Kier alpha value is -14.8. The molecule has 0 radical (unpaired) electrons. The summed E-state index contributed by atoms with van der Waals surface area (Å²) in [7, 11) is 0. The number of hydrogen-bond donors (Lipinski definition) is 14. The maximum Gasteiger partial charge on any atom is 0.176 e. The van der Waals surface area contributed by atoms with E-state index in [9.17, 15) is 0 Å². The summed E-state index contributed by atoms with van der Waals surface area (Å²) in [5.41, 5.74) is 58.7. The van der Waals surface area contributed by atoms with Crippen molar-refractivity contribution >= 4 is 177 Å². The first-order chi connectivity index (χ1) is 56.3. The molecule has 17 aromatic heterocycles. The van der Waals surface area contributed by atoms with Gasteiger partial charge >= 0.3 is 0 Å². The minimum Gasteiger partial charge on any atom is -0.461 e. The number of nitrogen functional groups attached to an aromatic ring is 7. The minimum atomic E-state index is 0. The Kier molecular flexibility index (Phi) is 27.7. The lowest BCUT2D eigenvalue weighted by Gasteiger charge is -1.98. The summed E-state index contributed by atoms with van der Waals surface area (Å²) in [5, 5.41) is 36.1. The molecule has 0 spiro atoms. The van der Waals surface area contributed by atoms with Crippen LogP contribution in [0.15, 0.2) is 216 Å². The van der Waals surface area contributed by atoms with Gasteiger partial charge in [0.15, 0.2) is 17.2 Å². The summed E-state index contributed by atoms with van der Waals surface area (Å²) in [6.45, 7) is 23.2. The van der Waals surface area contributed by atoms with E-state index in [2.05, 4.69) is 191 Å². The van der Waals surface area contributed by atoms with Crippen LogP contribution in [-0.4, -0.2) is 97.2 Å². The van der Waals surface area contributed by atoms with Crippen LogP contribution in [0.2, 0.25) is 0 Å². The lowest BCUT2D eigenvalue weighted by atomic mass is 10.1. The molecule has 0 saturated carbocycles. The highest BCUT2D eigenvalue weighted by Gasteiger charge is 2.10. The molecule has 30 heteroatoms. The van der Waals surface area contributed by atoms with E-state index >= 15 is 0 Å². The van der Waals surface area contributed by atoms with Crippen molar-refractivity contribution in [2.75, 3.05) is 52.0 Å². The number of benzene rings is 4. The standard InChI is InChI=1S/C9H11N.2C8H9N3.2C8H8N2O.2C8H8N2S.2C8H8N2.C7H8N4.C7H7N3.CH4/c1-7-2-3-8-4-5-10-9(8)6-7;1-5-4-6-7(11-5)2-3-10-8(6)9;1-5-4-6-2-3-10-8(9)7(6)11-5;1-5-4-6-7(11-5)2-3-10-8(6)9;1-5-4-6-2-3-10-8(9)7(6)11-5;1-5-4-6-7(11-5)2-3-10-8(6)9;1-5-4-6-2-3-10-8(9)7(6)11-5;1-6-2-3-8-7(4-6)5-9-10-8;1-6-2-3-7-5-9-10-8(7)4-6;1-4-10-5-2-3-9-7(8)6(5)11-4;1-5-2-3-6-7(4-5)9-10-8-6;/h2-3,6,10H,4-5H2,1H3;2*2-4,11H,1H3,(H2,9,10);4*2-4H,1H3,(H2,9,10);2*2-5H,1H3,(H,9,10);2-3H,1H3,(H2,8,9)(H,10,11);2-4H,1H3,(H,8,9,10);1H4. The second-order valence-corrected chi connectivity index (χ2v) is 30.1. The van der Waals surface area contributed by atoms with Gasteiger partial charge in [0, 0.05) is 114 Å². The molecule has 28 nitrogen and oxygen atoms in total. The summed E-state index contributed by atoms with van der Waals surface area (Å²) in [5.74, 6) is 6.47. The zero-order valence-electron chi connectivity index (χ0n) is 66.6. The number of aromatic amines is 6. The molecule has 0 unspecified atom stereocenters. The summed E-state index contributed by atoms with van der Waals surface area (Å²) >= 11 is 3.44. The molecule has 0 saturated heterocycles. The molecule has 602 valence electrons. The van der Waals surface area contributed by atoms with Gasteiger partial charge in [-0.3, -0.25) is 10.2 Å². The van der Waals surface area contributed by atoms with Gasteiger partial charge in [0.1, 0.15) is 68.6 Å². The predicted octanol–water partition coefficient (Wildman–Crippen LogP) is 19.2. The molecule has 0 bridgehead atoms. The largest absolute Gasteiger partial charge is 0.461 e. The molecule has 1 aliphatic heterocycles. The minimum absolute atomic E-state index is 0. The normalized spacial score (nSPS) is 10.8. The number of rotatable bonds is 0. The van der Waals surface area contributed by atoms with Crippen molar-refractivity contribution in [1.82, 2.24) is 90.6 Å². The highest BCUT2D eigenvalue weighted by Crippen LogP contribution is 2.31. The Morgan fingerprint density at radius 2 is 0.975 bits per heavy atom. The molecule has 22 rings (SSSR count). The van der Waals surface area contributed by atoms with Gasteiger partial charge in [0.25, 0.3) is 0 Å². The second-order valence-electron chi connectivity index (χ2n) is 27.6. The van der Waals surface area contributed by atoms with E-state index < -0.39 is 0 Å². The Balaban J connectivity index is 0.000000127. The van der Waals surface area contributed by atoms with Gasteiger partial charge in [-0.25, -0.2) is 39.9 Å². The van der Waals surface area contributed by atoms with Crippen molar-refractivity contribution in [1.29, 1.82) is 0 Å². The molecule has 21 aromatic rings. The van der Waals surface area contributed by atoms with Crippen LogP contribution in [0, 0.1) is 76.2 Å². The number of fused-ring (bicyclic) bond motifs is 11. The van der Waals surface area contributed by atoms with Crippen LogP contribution < -0.4 is 45.5 Å². The van der Waals surface area contributed by atoms with Crippen LogP contribution in [0.5, 0.6) is 0 Å².